The van der Waals surface area contributed by atoms with Crippen LogP contribution in [0, 0.1) is 12.8 Å². The van der Waals surface area contributed by atoms with Crippen molar-refractivity contribution >= 4 is 17.5 Å². The van der Waals surface area contributed by atoms with Crippen LogP contribution in [-0.2, 0) is 4.79 Å². The van der Waals surface area contributed by atoms with Crippen LogP contribution in [0.5, 0.6) is 0 Å². The van der Waals surface area contributed by atoms with Crippen LogP contribution in [0.1, 0.15) is 29.5 Å². The molecule has 0 saturated carbocycles. The van der Waals surface area contributed by atoms with Gasteiger partial charge in [-0.05, 0) is 32.4 Å². The number of amides is 1. The molecule has 2 unspecified atom stereocenters. The van der Waals surface area contributed by atoms with Gasteiger partial charge in [-0.15, -0.1) is 0 Å². The van der Waals surface area contributed by atoms with Gasteiger partial charge in [0.2, 0.25) is 0 Å². The van der Waals surface area contributed by atoms with Gasteiger partial charge in [0.1, 0.15) is 11.3 Å². The van der Waals surface area contributed by atoms with Gasteiger partial charge in [0.05, 0.1) is 5.92 Å². The third kappa shape index (κ3) is 2.16. The Morgan fingerprint density at radius 2 is 2.14 bits per heavy atom. The lowest BCUT2D eigenvalue weighted by molar-refractivity contribution is -0.142. The molecule has 6 heteroatoms. The highest BCUT2D eigenvalue weighted by molar-refractivity contribution is 5.94. The number of nitrogens with zero attached hydrogens (tertiary/aromatic N) is 3. The lowest BCUT2D eigenvalue weighted by atomic mass is 10.0. The predicted molar refractivity (Wildman–Crippen MR) is 76.2 cm³/mol. The summed E-state index contributed by atoms with van der Waals surface area (Å²) >= 11 is 0. The molecule has 2 aromatic heterocycles. The van der Waals surface area contributed by atoms with E-state index in [-0.39, 0.29) is 11.9 Å². The zero-order chi connectivity index (χ0) is 15.1. The number of imidazole rings is 1. The van der Waals surface area contributed by atoms with E-state index in [9.17, 15) is 9.59 Å². The average molecular weight is 287 g/mol. The number of aryl methyl sites for hydroxylation is 1. The Kier molecular flexibility index (Phi) is 3.16. The Morgan fingerprint density at radius 1 is 1.38 bits per heavy atom. The van der Waals surface area contributed by atoms with Crippen molar-refractivity contribution < 1.29 is 14.7 Å². The quantitative estimate of drug-likeness (QED) is 0.910. The van der Waals surface area contributed by atoms with Crippen LogP contribution < -0.4 is 0 Å². The van der Waals surface area contributed by atoms with E-state index in [0.29, 0.717) is 18.7 Å². The van der Waals surface area contributed by atoms with E-state index in [4.69, 9.17) is 5.11 Å². The molecule has 110 valence electrons. The minimum atomic E-state index is -0.844. The summed E-state index contributed by atoms with van der Waals surface area (Å²) in [5.41, 5.74) is 2.08. The third-order valence-electron chi connectivity index (χ3n) is 4.25. The van der Waals surface area contributed by atoms with E-state index in [1.54, 1.807) is 18.0 Å². The summed E-state index contributed by atoms with van der Waals surface area (Å²) in [5, 5.41) is 9.15. The van der Waals surface area contributed by atoms with Gasteiger partial charge in [0, 0.05) is 24.5 Å². The minimum absolute atomic E-state index is 0.200. The molecule has 0 spiro atoms. The summed E-state index contributed by atoms with van der Waals surface area (Å²) in [6, 6.07) is 5.38. The molecule has 2 aromatic rings. The van der Waals surface area contributed by atoms with Gasteiger partial charge >= 0.3 is 5.97 Å². The highest BCUT2D eigenvalue weighted by atomic mass is 16.4. The van der Waals surface area contributed by atoms with Crippen molar-refractivity contribution in [1.82, 2.24) is 14.3 Å². The molecule has 3 rings (SSSR count). The molecule has 1 aliphatic heterocycles. The van der Waals surface area contributed by atoms with Crippen LogP contribution in [0.4, 0.5) is 0 Å². The maximum atomic E-state index is 12.6. The molecular formula is C15H17N3O3. The van der Waals surface area contributed by atoms with Gasteiger partial charge in [-0.3, -0.25) is 9.59 Å². The molecule has 21 heavy (non-hydrogen) atoms. The van der Waals surface area contributed by atoms with Crippen LogP contribution in [0.2, 0.25) is 0 Å². The highest BCUT2D eigenvalue weighted by Crippen LogP contribution is 2.26. The second kappa shape index (κ2) is 4.87. The van der Waals surface area contributed by atoms with Gasteiger partial charge in [-0.25, -0.2) is 4.98 Å². The molecule has 3 heterocycles. The van der Waals surface area contributed by atoms with Crippen molar-refractivity contribution in [3.05, 3.63) is 35.8 Å². The van der Waals surface area contributed by atoms with Gasteiger partial charge in [0.15, 0.2) is 0 Å². The van der Waals surface area contributed by atoms with Crippen molar-refractivity contribution in [2.45, 2.75) is 26.3 Å². The smallest absolute Gasteiger partial charge is 0.308 e. The number of carbonyl (C=O) groups is 2. The average Bonchev–Trinajstić information content (AvgIpc) is 3.02. The van der Waals surface area contributed by atoms with E-state index in [1.165, 1.54) is 0 Å². The molecule has 2 atom stereocenters. The van der Waals surface area contributed by atoms with Crippen molar-refractivity contribution in [1.29, 1.82) is 0 Å². The molecule has 1 amide bonds. The number of rotatable bonds is 2. The lowest BCUT2D eigenvalue weighted by Crippen LogP contribution is -2.37. The zero-order valence-electron chi connectivity index (χ0n) is 12.0. The maximum absolute atomic E-state index is 12.6. The fourth-order valence-electron chi connectivity index (χ4n) is 2.96. The number of carbonyl (C=O) groups excluding carboxylic acids is 1. The molecule has 6 nitrogen and oxygen atoms in total. The van der Waals surface area contributed by atoms with Crippen molar-refractivity contribution in [3.63, 3.8) is 0 Å². The van der Waals surface area contributed by atoms with Gasteiger partial charge in [-0.1, -0.05) is 6.07 Å². The summed E-state index contributed by atoms with van der Waals surface area (Å²) in [5.74, 6) is -1.54. The molecule has 1 saturated heterocycles. The zero-order valence-corrected chi connectivity index (χ0v) is 12.0. The van der Waals surface area contributed by atoms with E-state index in [0.717, 1.165) is 11.3 Å². The summed E-state index contributed by atoms with van der Waals surface area (Å²) in [6.45, 7) is 4.19. The molecule has 0 radical (unpaired) electrons. The van der Waals surface area contributed by atoms with Crippen molar-refractivity contribution in [2.75, 3.05) is 6.54 Å². The summed E-state index contributed by atoms with van der Waals surface area (Å²) in [4.78, 5) is 29.7. The fourth-order valence-corrected chi connectivity index (χ4v) is 2.96. The molecule has 0 aromatic carbocycles. The van der Waals surface area contributed by atoms with Crippen LogP contribution in [0.15, 0.2) is 24.4 Å². The first kappa shape index (κ1) is 13.6. The van der Waals surface area contributed by atoms with Crippen LogP contribution in [0.25, 0.3) is 5.65 Å². The first-order valence-electron chi connectivity index (χ1n) is 6.97. The van der Waals surface area contributed by atoms with E-state index in [1.807, 2.05) is 29.5 Å². The number of likely N-dealkylation sites (tertiary alicyclic amines) is 1. The molecule has 1 fully saturated rings. The van der Waals surface area contributed by atoms with Gasteiger partial charge in [-0.2, -0.15) is 0 Å². The third-order valence-corrected chi connectivity index (χ3v) is 4.25. The Morgan fingerprint density at radius 3 is 2.76 bits per heavy atom. The molecular weight excluding hydrogens is 270 g/mol. The van der Waals surface area contributed by atoms with E-state index in [2.05, 4.69) is 4.98 Å². The van der Waals surface area contributed by atoms with Crippen LogP contribution >= 0.6 is 0 Å². The lowest BCUT2D eigenvalue weighted by Gasteiger charge is -2.22. The fraction of sp³-hybridized carbons (Fsp3) is 0.400. The summed E-state index contributed by atoms with van der Waals surface area (Å²) < 4.78 is 1.86. The number of aliphatic carboxylic acids is 1. The Hall–Kier alpha value is -2.37. The number of aromatic nitrogens is 2. The maximum Gasteiger partial charge on any atom is 0.308 e. The molecule has 0 bridgehead atoms. The van der Waals surface area contributed by atoms with Crippen molar-refractivity contribution in [3.8, 4) is 0 Å². The normalized spacial score (nSPS) is 21.9. The van der Waals surface area contributed by atoms with Crippen LogP contribution in [0.3, 0.4) is 0 Å². The number of hydrogen-bond donors (Lipinski definition) is 1. The first-order valence-corrected chi connectivity index (χ1v) is 6.97. The Balaban J connectivity index is 1.91. The Bertz CT molecular complexity index is 722. The number of pyridine rings is 1. The number of carboxylic acid groups (broad SMARTS) is 1. The standard InChI is InChI=1S/C15H17N3O3/c1-9-4-3-5-13-16-12(8-18(9)13)14(19)17-7-6-11(10(17)2)15(20)21/h3-5,8,10-11H,6-7H2,1-2H3,(H,20,21). The first-order chi connectivity index (χ1) is 9.99. The summed E-state index contributed by atoms with van der Waals surface area (Å²) in [6.07, 6.45) is 2.21. The number of fused-ring (bicyclic) bond motifs is 1. The minimum Gasteiger partial charge on any atom is -0.481 e. The van der Waals surface area contributed by atoms with E-state index < -0.39 is 11.9 Å². The van der Waals surface area contributed by atoms with E-state index >= 15 is 0 Å². The SMILES string of the molecule is Cc1cccc2nc(C(=O)N3CCC(C(=O)O)C3C)cn12. The summed E-state index contributed by atoms with van der Waals surface area (Å²) in [7, 11) is 0. The predicted octanol–water partition coefficient (Wildman–Crippen LogP) is 1.58. The van der Waals surface area contributed by atoms with Crippen molar-refractivity contribution in [2.24, 2.45) is 5.92 Å². The second-order valence-corrected chi connectivity index (χ2v) is 5.49. The highest BCUT2D eigenvalue weighted by Gasteiger charge is 2.38. The topological polar surface area (TPSA) is 74.9 Å². The van der Waals surface area contributed by atoms with Gasteiger partial charge < -0.3 is 14.4 Å². The van der Waals surface area contributed by atoms with Gasteiger partial charge in [0.25, 0.3) is 5.91 Å². The monoisotopic (exact) mass is 287 g/mol. The number of carboxylic acids is 1. The molecule has 1 aliphatic rings. The molecule has 1 N–H and O–H groups in total. The second-order valence-electron chi connectivity index (χ2n) is 5.49. The largest absolute Gasteiger partial charge is 0.481 e. The Labute approximate surface area is 122 Å². The molecule has 0 aliphatic carbocycles. The number of hydrogen-bond acceptors (Lipinski definition) is 3. The van der Waals surface area contributed by atoms with Crippen LogP contribution in [-0.4, -0.2) is 43.9 Å².